The van der Waals surface area contributed by atoms with Crippen LogP contribution in [0.5, 0.6) is 0 Å². The van der Waals surface area contributed by atoms with E-state index in [9.17, 15) is 54.7 Å². The molecule has 0 saturated carbocycles. The van der Waals surface area contributed by atoms with Crippen molar-refractivity contribution < 1.29 is 122 Å². The van der Waals surface area contributed by atoms with Crippen LogP contribution in [0.25, 0.3) is 5.57 Å². The van der Waals surface area contributed by atoms with Crippen LogP contribution in [0.2, 0.25) is 0 Å². The van der Waals surface area contributed by atoms with E-state index in [0.29, 0.717) is 75.0 Å². The van der Waals surface area contributed by atoms with Gasteiger partial charge in [0.15, 0.2) is 11.6 Å². The number of Topliss-reactive ketones (excluding diaryl/α,β-unsaturated/α-hetero) is 2. The van der Waals surface area contributed by atoms with Crippen LogP contribution < -0.4 is 29.6 Å². The first kappa shape index (κ1) is 99.4. The number of ether oxygens (including phenoxy) is 2. The normalized spacial score (nSPS) is 11.7. The summed E-state index contributed by atoms with van der Waals surface area (Å²) in [5, 5.41) is 18.3. The Morgan fingerprint density at radius 2 is 0.892 bits per heavy atom. The fourth-order valence-electron chi connectivity index (χ4n) is 10.2. The molecule has 0 amide bonds. The topological polar surface area (TPSA) is 252 Å². The predicted molar refractivity (Wildman–Crippen MR) is 423 cm³/mol. The van der Waals surface area contributed by atoms with Gasteiger partial charge in [0.2, 0.25) is 0 Å². The summed E-state index contributed by atoms with van der Waals surface area (Å²) in [7, 11) is -4.67. The Kier molecular flexibility index (Phi) is 49.9. The number of allylic oxidation sites excluding steroid dienone is 2. The molecule has 9 aromatic carbocycles. The zero-order valence-electron chi connectivity index (χ0n) is 61.0. The van der Waals surface area contributed by atoms with E-state index in [1.165, 1.54) is 102 Å². The molecule has 0 saturated heterocycles. The van der Waals surface area contributed by atoms with E-state index in [1.807, 2.05) is 55.5 Å². The number of fused-ring (bicyclic) bond motifs is 3. The fraction of sp³-hybridized carbons (Fsp3) is 0.253. The fourth-order valence-corrected chi connectivity index (χ4v) is 12.9. The molecule has 0 bridgehead atoms. The third-order valence-electron chi connectivity index (χ3n) is 15.0. The molecule has 28 heteroatoms. The summed E-state index contributed by atoms with van der Waals surface area (Å²) in [5.74, 6) is -2.35. The SMILES string of the molecule is CCOC(=O)CCCBr.CCOC(=O)CCCc1cccc(F)c1.Fc1cccc(Br)c1.Fc1cccc(S)c1.N#CC1=CCCc2cc(Sc3cccc(F)c3)ccc21.O=C(O)CCCc1cccc(F)c1.O=C1CCCc2cc(F)ccc21.O=C1CCCc2cc(Sc3cccc(F)c3)ccc21.O=S(=O)(O)O.[Na+].[OH-]. The number of carboxylic acids is 1. The molecule has 0 unspecified atom stereocenters. The third-order valence-corrected chi connectivity index (χ3v) is 18.2. The number of carbonyl (C=O) groups excluding carboxylic acids is 4. The van der Waals surface area contributed by atoms with Gasteiger partial charge in [0.05, 0.1) is 24.9 Å². The van der Waals surface area contributed by atoms with Crippen LogP contribution in [0.4, 0.5) is 30.7 Å². The minimum atomic E-state index is -4.67. The van der Waals surface area contributed by atoms with Gasteiger partial charge in [0, 0.05) is 77.5 Å². The molecule has 3 aliphatic carbocycles. The number of alkyl halides is 1. The zero-order chi connectivity index (χ0) is 80.1. The van der Waals surface area contributed by atoms with E-state index in [0.717, 1.165) is 113 Å². The van der Waals surface area contributed by atoms with Crippen molar-refractivity contribution in [3.63, 3.8) is 0 Å². The van der Waals surface area contributed by atoms with Gasteiger partial charge in [-0.25, -0.2) is 30.7 Å². The second-order valence-electron chi connectivity index (χ2n) is 23.5. The van der Waals surface area contributed by atoms with Crippen molar-refractivity contribution in [3.05, 3.63) is 296 Å². The minimum Gasteiger partial charge on any atom is -0.870 e. The number of aliphatic carboxylic acids is 1. The smallest absolute Gasteiger partial charge is 0.870 e. The molecular weight excluding hydrogens is 1660 g/mol. The van der Waals surface area contributed by atoms with Crippen LogP contribution in [0, 0.1) is 52.1 Å². The number of nitriles is 1. The first-order valence-corrected chi connectivity index (χ1v) is 39.7. The van der Waals surface area contributed by atoms with Crippen molar-refractivity contribution in [2.45, 2.75) is 141 Å². The van der Waals surface area contributed by atoms with Gasteiger partial charge in [-0.1, -0.05) is 122 Å². The number of esters is 2. The molecule has 0 atom stereocenters. The van der Waals surface area contributed by atoms with Gasteiger partial charge in [-0.05, 0) is 257 Å². The van der Waals surface area contributed by atoms with Crippen molar-refractivity contribution in [1.29, 1.82) is 5.26 Å². The van der Waals surface area contributed by atoms with E-state index >= 15 is 0 Å². The molecule has 12 rings (SSSR count). The van der Waals surface area contributed by atoms with Crippen LogP contribution in [-0.2, 0) is 66.4 Å². The molecule has 0 heterocycles. The van der Waals surface area contributed by atoms with E-state index < -0.39 is 16.4 Å². The maximum Gasteiger partial charge on any atom is 1.00 e. The van der Waals surface area contributed by atoms with E-state index in [1.54, 1.807) is 79.3 Å². The summed E-state index contributed by atoms with van der Waals surface area (Å²) in [6.07, 6.45) is 13.2. The summed E-state index contributed by atoms with van der Waals surface area (Å²) >= 11 is 13.3. The third kappa shape index (κ3) is 43.8. The van der Waals surface area contributed by atoms with Crippen LogP contribution in [0.1, 0.15) is 139 Å². The Morgan fingerprint density at radius 1 is 0.505 bits per heavy atom. The van der Waals surface area contributed by atoms with Gasteiger partial charge < -0.3 is 20.1 Å². The van der Waals surface area contributed by atoms with Crippen LogP contribution >= 0.6 is 68.0 Å². The molecule has 9 aromatic rings. The Hall–Kier alpha value is -7.69. The Labute approximate surface area is 696 Å². The molecule has 111 heavy (non-hydrogen) atoms. The number of halogens is 9. The van der Waals surface area contributed by atoms with Gasteiger partial charge in [-0.2, -0.15) is 13.7 Å². The molecule has 14 nitrogen and oxygen atoms in total. The number of aryl methyl sites for hydroxylation is 5. The van der Waals surface area contributed by atoms with Gasteiger partial charge in [-0.15, -0.1) is 12.6 Å². The van der Waals surface area contributed by atoms with Crippen molar-refractivity contribution in [2.75, 3.05) is 18.5 Å². The van der Waals surface area contributed by atoms with Crippen molar-refractivity contribution in [2.24, 2.45) is 0 Å². The molecule has 586 valence electrons. The number of hydrogen-bond donors (Lipinski definition) is 4. The molecule has 0 spiro atoms. The predicted octanol–water partition coefficient (Wildman–Crippen LogP) is 19.2. The van der Waals surface area contributed by atoms with Crippen LogP contribution in [0.15, 0.2) is 235 Å². The maximum atomic E-state index is 13.2. The molecule has 0 aliphatic heterocycles. The number of nitrogens with zero attached hydrogens (tertiary/aromatic N) is 1. The molecule has 0 aromatic heterocycles. The molecular formula is C83H83Br2F7NNaO13S4. The average molecular weight is 1750 g/mol. The average Bonchev–Trinajstić information content (AvgIpc) is 0.828. The Balaban J connectivity index is 0.000000434. The quantitative estimate of drug-likeness (QED) is 0.0165. The van der Waals surface area contributed by atoms with Gasteiger partial charge >= 0.3 is 57.9 Å². The maximum absolute atomic E-state index is 13.2. The number of carbonyl (C=O) groups is 5. The largest absolute Gasteiger partial charge is 1.00 e. The van der Waals surface area contributed by atoms with E-state index in [2.05, 4.69) is 67.4 Å². The number of benzene rings is 9. The summed E-state index contributed by atoms with van der Waals surface area (Å²) < 4.78 is 131. The molecule has 3 aliphatic rings. The summed E-state index contributed by atoms with van der Waals surface area (Å²) in [4.78, 5) is 59.3. The number of thiol groups is 1. The summed E-state index contributed by atoms with van der Waals surface area (Å²) in [6, 6.07) is 56.8. The van der Waals surface area contributed by atoms with Gasteiger partial charge in [0.1, 0.15) is 40.7 Å². The van der Waals surface area contributed by atoms with E-state index in [4.69, 9.17) is 32.6 Å². The monoisotopic (exact) mass is 1740 g/mol. The summed E-state index contributed by atoms with van der Waals surface area (Å²) in [5.41, 5.74) is 8.31. The number of rotatable bonds is 17. The van der Waals surface area contributed by atoms with E-state index in [-0.39, 0.29) is 106 Å². The molecule has 4 N–H and O–H groups in total. The van der Waals surface area contributed by atoms with Crippen molar-refractivity contribution in [3.8, 4) is 6.07 Å². The standard InChI is InChI=1S/C17H12FNS.C16H13FOS.C12H15FO2.C10H11FO2.C10H9FO.C6H4BrF.C6H11BrO2.C6H5FS.Na.H2O4S.H2O/c18-14-5-2-6-15(10-14)20-16-7-8-17-12(9-16)3-1-4-13(17)11-19;17-12-4-2-5-13(10-12)19-14-7-8-15-11(9-14)3-1-6-16(15)18;1-2-15-12(14)8-4-6-10-5-3-7-11(13)9-10;11-9-5-1-3-8(7-9)4-2-6-10(12)13;11-8-4-5-9-7(6-8)2-1-3-10(9)12;7-5-2-1-3-6(8)4-5;1-2-9-6(8)4-3-5-7;7-5-2-1-3-6(8)4-5;;1-5(2,3)4;/h2,4-10H,1,3H2;2,4-5,7-10H,1,3,6H2;3,5,7,9H,2,4,6,8H2,1H3;1,3,5,7H,2,4,6H2,(H,12,13);4-6H,1-3H2;1-4H;2-5H2,1H3;1-4,8H;;(H2,1,2,3,4);1H2/q;;;;;;;;+1;;/p-1. The minimum absolute atomic E-state index is 0. The molecule has 0 radical (unpaired) electrons. The number of ketones is 2. The van der Waals surface area contributed by atoms with Crippen LogP contribution in [0.3, 0.4) is 0 Å². The first-order valence-electron chi connectivity index (χ1n) is 34.3. The first-order chi connectivity index (χ1) is 52.0. The van der Waals surface area contributed by atoms with Crippen LogP contribution in [-0.4, -0.2) is 76.1 Å². The zero-order valence-corrected chi connectivity index (χ0v) is 69.6. The second kappa shape index (κ2) is 55.7. The van der Waals surface area contributed by atoms with Crippen molar-refractivity contribution >= 4 is 113 Å². The van der Waals surface area contributed by atoms with Gasteiger partial charge in [-0.3, -0.25) is 33.1 Å². The number of hydrogen-bond acceptors (Lipinski definition) is 14. The van der Waals surface area contributed by atoms with Gasteiger partial charge in [0.25, 0.3) is 0 Å². The summed E-state index contributed by atoms with van der Waals surface area (Å²) in [6.45, 7) is 4.50. The Morgan fingerprint density at radius 3 is 1.30 bits per heavy atom. The Bertz CT molecular complexity index is 4530. The number of carboxylic acid groups (broad SMARTS) is 1. The van der Waals surface area contributed by atoms with Crippen molar-refractivity contribution in [1.82, 2.24) is 0 Å². The second-order valence-corrected chi connectivity index (χ2v) is 28.9. The molecule has 0 fully saturated rings.